The molecule has 20 heavy (non-hydrogen) atoms. The average Bonchev–Trinajstić information content (AvgIpc) is 2.37. The zero-order chi connectivity index (χ0) is 14.9. The van der Waals surface area contributed by atoms with Gasteiger partial charge in [-0.1, -0.05) is 19.9 Å². The van der Waals surface area contributed by atoms with Crippen molar-refractivity contribution in [2.45, 2.75) is 32.7 Å². The molecule has 1 aromatic carbocycles. The molecule has 1 amide bonds. The molecule has 2 rings (SSSR count). The van der Waals surface area contributed by atoms with E-state index < -0.39 is 0 Å². The van der Waals surface area contributed by atoms with Gasteiger partial charge in [0.05, 0.1) is 10.9 Å². The molecule has 2 N–H and O–H groups in total. The molecule has 1 atom stereocenters. The minimum absolute atomic E-state index is 0.0582. The Kier molecular flexibility index (Phi) is 4.49. The first-order valence-corrected chi connectivity index (χ1v) is 7.56. The molecule has 1 heterocycles. The monoisotopic (exact) mass is 342 g/mol. The zero-order valence-electron chi connectivity index (χ0n) is 11.8. The van der Waals surface area contributed by atoms with Crippen LogP contribution in [0.5, 0.6) is 0 Å². The van der Waals surface area contributed by atoms with Crippen molar-refractivity contribution in [1.29, 1.82) is 0 Å². The molecule has 1 aromatic rings. The lowest BCUT2D eigenvalue weighted by atomic mass is 9.79. The van der Waals surface area contributed by atoms with Gasteiger partial charge >= 0.3 is 0 Å². The highest BCUT2D eigenvalue weighted by atomic mass is 79.9. The molecule has 0 radical (unpaired) electrons. The third-order valence-electron chi connectivity index (χ3n) is 4.00. The normalized spacial score (nSPS) is 21.9. The topological polar surface area (TPSA) is 46.3 Å². The van der Waals surface area contributed by atoms with Gasteiger partial charge in [-0.2, -0.15) is 0 Å². The van der Waals surface area contributed by atoms with E-state index >= 15 is 0 Å². The Morgan fingerprint density at radius 1 is 1.55 bits per heavy atom. The van der Waals surface area contributed by atoms with Crippen LogP contribution in [-0.2, 0) is 11.2 Å². The number of piperidine rings is 1. The van der Waals surface area contributed by atoms with Crippen LogP contribution in [0.3, 0.4) is 0 Å². The molecule has 110 valence electrons. The lowest BCUT2D eigenvalue weighted by Crippen LogP contribution is -2.54. The van der Waals surface area contributed by atoms with Gasteiger partial charge in [-0.25, -0.2) is 4.39 Å². The van der Waals surface area contributed by atoms with Crippen LogP contribution in [0, 0.1) is 11.2 Å². The Hall–Kier alpha value is -0.940. The summed E-state index contributed by atoms with van der Waals surface area (Å²) >= 11 is 3.14. The fraction of sp³-hybridized carbons (Fsp3) is 0.533. The van der Waals surface area contributed by atoms with E-state index in [0.29, 0.717) is 24.0 Å². The van der Waals surface area contributed by atoms with E-state index in [1.807, 2.05) is 4.90 Å². The van der Waals surface area contributed by atoms with Crippen molar-refractivity contribution >= 4 is 21.8 Å². The number of benzene rings is 1. The van der Waals surface area contributed by atoms with Gasteiger partial charge in [0.2, 0.25) is 5.91 Å². The SMILES string of the molecule is CC1(C)CN(C(=O)Cc2ccc(F)c(Br)c2)CCC1N. The fourth-order valence-electron chi connectivity index (χ4n) is 2.52. The van der Waals surface area contributed by atoms with E-state index in [9.17, 15) is 9.18 Å². The summed E-state index contributed by atoms with van der Waals surface area (Å²) in [7, 11) is 0. The standard InChI is InChI=1S/C15H20BrFN2O/c1-15(2)9-19(6-5-13(15)18)14(20)8-10-3-4-12(17)11(16)7-10/h3-4,7,13H,5-6,8-9,18H2,1-2H3. The van der Waals surface area contributed by atoms with Crippen LogP contribution in [0.25, 0.3) is 0 Å². The van der Waals surface area contributed by atoms with E-state index in [1.165, 1.54) is 6.07 Å². The Morgan fingerprint density at radius 3 is 2.85 bits per heavy atom. The van der Waals surface area contributed by atoms with Gasteiger partial charge in [0.1, 0.15) is 5.82 Å². The molecule has 0 aliphatic carbocycles. The minimum Gasteiger partial charge on any atom is -0.342 e. The summed E-state index contributed by atoms with van der Waals surface area (Å²) in [5.74, 6) is -0.241. The molecule has 1 saturated heterocycles. The minimum atomic E-state index is -0.314. The van der Waals surface area contributed by atoms with Crippen LogP contribution in [0.15, 0.2) is 22.7 Å². The molecule has 0 spiro atoms. The Balaban J connectivity index is 2.03. The number of carbonyl (C=O) groups excluding carboxylic acids is 1. The summed E-state index contributed by atoms with van der Waals surface area (Å²) in [5.41, 5.74) is 6.84. The van der Waals surface area contributed by atoms with Crippen molar-refractivity contribution in [2.75, 3.05) is 13.1 Å². The number of likely N-dealkylation sites (tertiary alicyclic amines) is 1. The van der Waals surface area contributed by atoms with Gasteiger partial charge in [0.15, 0.2) is 0 Å². The molecule has 1 unspecified atom stereocenters. The van der Waals surface area contributed by atoms with Crippen LogP contribution < -0.4 is 5.73 Å². The number of hydrogen-bond acceptors (Lipinski definition) is 2. The maximum Gasteiger partial charge on any atom is 0.227 e. The highest BCUT2D eigenvalue weighted by Gasteiger charge is 2.35. The fourth-order valence-corrected chi connectivity index (χ4v) is 2.95. The molecule has 5 heteroatoms. The third-order valence-corrected chi connectivity index (χ3v) is 4.61. The quantitative estimate of drug-likeness (QED) is 0.898. The first kappa shape index (κ1) is 15.4. The summed E-state index contributed by atoms with van der Waals surface area (Å²) in [4.78, 5) is 14.2. The van der Waals surface area contributed by atoms with Crippen molar-refractivity contribution in [2.24, 2.45) is 11.1 Å². The summed E-state index contributed by atoms with van der Waals surface area (Å²) in [6, 6.07) is 4.82. The second-order valence-corrected chi connectivity index (χ2v) is 6.98. The number of nitrogens with zero attached hydrogens (tertiary/aromatic N) is 1. The summed E-state index contributed by atoms with van der Waals surface area (Å²) in [6.45, 7) is 5.55. The molecule has 0 aromatic heterocycles. The maximum atomic E-state index is 13.2. The second-order valence-electron chi connectivity index (χ2n) is 6.12. The van der Waals surface area contributed by atoms with Crippen LogP contribution in [0.2, 0.25) is 0 Å². The summed E-state index contributed by atoms with van der Waals surface area (Å²) < 4.78 is 13.6. The van der Waals surface area contributed by atoms with Crippen molar-refractivity contribution in [1.82, 2.24) is 4.90 Å². The lowest BCUT2D eigenvalue weighted by molar-refractivity contribution is -0.133. The van der Waals surface area contributed by atoms with Crippen molar-refractivity contribution in [3.63, 3.8) is 0 Å². The van der Waals surface area contributed by atoms with Gasteiger partial charge in [0.25, 0.3) is 0 Å². The van der Waals surface area contributed by atoms with E-state index in [1.54, 1.807) is 12.1 Å². The van der Waals surface area contributed by atoms with Gasteiger partial charge in [-0.05, 0) is 45.5 Å². The molecule has 1 aliphatic heterocycles. The molecule has 1 fully saturated rings. The van der Waals surface area contributed by atoms with Crippen molar-refractivity contribution in [3.8, 4) is 0 Å². The largest absolute Gasteiger partial charge is 0.342 e. The predicted octanol–water partition coefficient (Wildman–Crippen LogP) is 2.72. The Labute approximate surface area is 127 Å². The first-order chi connectivity index (χ1) is 9.29. The number of hydrogen-bond donors (Lipinski definition) is 1. The number of nitrogens with two attached hydrogens (primary N) is 1. The van der Waals surface area contributed by atoms with E-state index in [-0.39, 0.29) is 23.2 Å². The molecule has 1 aliphatic rings. The number of rotatable bonds is 2. The molecular formula is C15H20BrFN2O. The van der Waals surface area contributed by atoms with E-state index in [2.05, 4.69) is 29.8 Å². The predicted molar refractivity (Wildman–Crippen MR) is 80.8 cm³/mol. The number of amides is 1. The van der Waals surface area contributed by atoms with Crippen molar-refractivity contribution < 1.29 is 9.18 Å². The molecule has 0 bridgehead atoms. The Bertz CT molecular complexity index is 519. The smallest absolute Gasteiger partial charge is 0.227 e. The molecule has 0 saturated carbocycles. The van der Waals surface area contributed by atoms with Gasteiger partial charge < -0.3 is 10.6 Å². The Morgan fingerprint density at radius 2 is 2.25 bits per heavy atom. The van der Waals surface area contributed by atoms with E-state index in [0.717, 1.165) is 12.0 Å². The van der Waals surface area contributed by atoms with Crippen LogP contribution >= 0.6 is 15.9 Å². The average molecular weight is 343 g/mol. The third kappa shape index (κ3) is 3.38. The second kappa shape index (κ2) is 5.82. The first-order valence-electron chi connectivity index (χ1n) is 6.77. The zero-order valence-corrected chi connectivity index (χ0v) is 13.4. The lowest BCUT2D eigenvalue weighted by Gasteiger charge is -2.42. The van der Waals surface area contributed by atoms with Gasteiger partial charge in [-0.15, -0.1) is 0 Å². The maximum absolute atomic E-state index is 13.2. The van der Waals surface area contributed by atoms with Crippen LogP contribution in [0.1, 0.15) is 25.8 Å². The van der Waals surface area contributed by atoms with Crippen molar-refractivity contribution in [3.05, 3.63) is 34.1 Å². The summed E-state index contributed by atoms with van der Waals surface area (Å²) in [5, 5.41) is 0. The molecule has 3 nitrogen and oxygen atoms in total. The van der Waals surface area contributed by atoms with E-state index in [4.69, 9.17) is 5.73 Å². The highest BCUT2D eigenvalue weighted by molar-refractivity contribution is 9.10. The number of carbonyl (C=O) groups is 1. The van der Waals surface area contributed by atoms with Gasteiger partial charge in [-0.3, -0.25) is 4.79 Å². The van der Waals surface area contributed by atoms with Gasteiger partial charge in [0, 0.05) is 19.1 Å². The van der Waals surface area contributed by atoms with Crippen LogP contribution in [0.4, 0.5) is 4.39 Å². The molecular weight excluding hydrogens is 323 g/mol. The number of halogens is 2. The summed E-state index contributed by atoms with van der Waals surface area (Å²) in [6.07, 6.45) is 1.12. The highest BCUT2D eigenvalue weighted by Crippen LogP contribution is 2.28. The van der Waals surface area contributed by atoms with Crippen LogP contribution in [-0.4, -0.2) is 29.9 Å².